The zero-order chi connectivity index (χ0) is 25.7. The number of aromatic nitrogens is 3. The minimum atomic E-state index is -1.08. The Hall–Kier alpha value is -3.95. The number of benzene rings is 2. The van der Waals surface area contributed by atoms with Gasteiger partial charge in [-0.1, -0.05) is 30.3 Å². The van der Waals surface area contributed by atoms with Crippen molar-refractivity contribution in [3.05, 3.63) is 83.2 Å². The molecule has 0 aliphatic carbocycles. The number of aromatic carboxylic acids is 1. The molecule has 2 N–H and O–H groups in total. The van der Waals surface area contributed by atoms with E-state index in [2.05, 4.69) is 10.1 Å². The van der Waals surface area contributed by atoms with Crippen molar-refractivity contribution in [3.8, 4) is 11.5 Å². The minimum Gasteiger partial charge on any atom is -0.496 e. The number of pyridine rings is 1. The average Bonchev–Trinajstić information content (AvgIpc) is 3.31. The number of carboxylic acid groups (broad SMARTS) is 1. The third kappa shape index (κ3) is 5.48. The van der Waals surface area contributed by atoms with Crippen LogP contribution in [0, 0.1) is 6.92 Å². The molecular weight excluding hydrogens is 462 g/mol. The standard InChI is InChI=1S/C27H29N3O6/c1-17-22(34-2)13-19(14-23(17)35-3)26(31)24(36-12-10-18-7-5-4-6-8-18)16-30-15-21-25(29-30)20(27(32)33)9-11-28-21/h4-9,11,13-15,24,26,31H,10,12,16H2,1-3H3,(H,32,33). The first-order valence-electron chi connectivity index (χ1n) is 11.5. The summed E-state index contributed by atoms with van der Waals surface area (Å²) < 4.78 is 18.7. The van der Waals surface area contributed by atoms with Crippen LogP contribution in [0.15, 0.2) is 60.9 Å². The lowest BCUT2D eigenvalue weighted by Gasteiger charge is -2.25. The smallest absolute Gasteiger partial charge is 0.338 e. The predicted octanol–water partition coefficient (Wildman–Crippen LogP) is 3.82. The van der Waals surface area contributed by atoms with Gasteiger partial charge in [-0.05, 0) is 42.7 Å². The zero-order valence-electron chi connectivity index (χ0n) is 20.4. The van der Waals surface area contributed by atoms with Crippen LogP contribution in [-0.2, 0) is 17.7 Å². The van der Waals surface area contributed by atoms with E-state index in [1.807, 2.05) is 37.3 Å². The van der Waals surface area contributed by atoms with Gasteiger partial charge >= 0.3 is 5.97 Å². The van der Waals surface area contributed by atoms with E-state index in [1.54, 1.807) is 37.2 Å². The van der Waals surface area contributed by atoms with Crippen LogP contribution in [0.2, 0.25) is 0 Å². The van der Waals surface area contributed by atoms with Gasteiger partial charge in [0.2, 0.25) is 0 Å². The second kappa shape index (κ2) is 11.2. The van der Waals surface area contributed by atoms with Crippen molar-refractivity contribution in [2.75, 3.05) is 20.8 Å². The largest absolute Gasteiger partial charge is 0.496 e. The predicted molar refractivity (Wildman–Crippen MR) is 134 cm³/mol. The summed E-state index contributed by atoms with van der Waals surface area (Å²) in [6.45, 7) is 2.42. The minimum absolute atomic E-state index is 0.0638. The van der Waals surface area contributed by atoms with Gasteiger partial charge in [-0.25, -0.2) is 4.79 Å². The number of carboxylic acids is 1. The molecule has 36 heavy (non-hydrogen) atoms. The van der Waals surface area contributed by atoms with Crippen LogP contribution in [0.1, 0.15) is 33.2 Å². The van der Waals surface area contributed by atoms with E-state index in [0.717, 1.165) is 11.1 Å². The number of hydrogen-bond acceptors (Lipinski definition) is 7. The summed E-state index contributed by atoms with van der Waals surface area (Å²) in [6, 6.07) is 14.9. The highest BCUT2D eigenvalue weighted by Crippen LogP contribution is 2.34. The van der Waals surface area contributed by atoms with Crippen molar-refractivity contribution in [1.82, 2.24) is 14.8 Å². The van der Waals surface area contributed by atoms with Gasteiger partial charge in [0.15, 0.2) is 0 Å². The van der Waals surface area contributed by atoms with Gasteiger partial charge in [-0.3, -0.25) is 9.67 Å². The Bertz CT molecular complexity index is 1310. The highest BCUT2D eigenvalue weighted by molar-refractivity contribution is 6.00. The molecule has 0 bridgehead atoms. The topological polar surface area (TPSA) is 116 Å². The zero-order valence-corrected chi connectivity index (χ0v) is 20.4. The van der Waals surface area contributed by atoms with E-state index in [0.29, 0.717) is 35.6 Å². The van der Waals surface area contributed by atoms with Gasteiger partial charge in [-0.2, -0.15) is 5.10 Å². The monoisotopic (exact) mass is 491 g/mol. The molecule has 188 valence electrons. The normalized spacial score (nSPS) is 12.9. The number of fused-ring (bicyclic) bond motifs is 1. The molecule has 2 aromatic carbocycles. The summed E-state index contributed by atoms with van der Waals surface area (Å²) >= 11 is 0. The highest BCUT2D eigenvalue weighted by atomic mass is 16.5. The first kappa shape index (κ1) is 25.2. The van der Waals surface area contributed by atoms with Gasteiger partial charge < -0.3 is 24.4 Å². The fraction of sp³-hybridized carbons (Fsp3) is 0.296. The molecule has 2 aromatic heterocycles. The quantitative estimate of drug-likeness (QED) is 0.325. The second-order valence-electron chi connectivity index (χ2n) is 8.39. The fourth-order valence-corrected chi connectivity index (χ4v) is 4.13. The SMILES string of the molecule is COc1cc(C(O)C(Cn2cc3nccc(C(=O)O)c3n2)OCCc2ccccc2)cc(OC)c1C. The number of nitrogens with zero attached hydrogens (tertiary/aromatic N) is 3. The van der Waals surface area contributed by atoms with Crippen LogP contribution in [0.3, 0.4) is 0 Å². The Morgan fingerprint density at radius 2 is 1.78 bits per heavy atom. The number of rotatable bonds is 11. The molecule has 0 aliphatic heterocycles. The molecule has 2 atom stereocenters. The Balaban J connectivity index is 1.63. The van der Waals surface area contributed by atoms with Crippen LogP contribution in [0.5, 0.6) is 11.5 Å². The highest BCUT2D eigenvalue weighted by Gasteiger charge is 2.26. The summed E-state index contributed by atoms with van der Waals surface area (Å²) in [5, 5.41) is 25.3. The number of hydrogen-bond donors (Lipinski definition) is 2. The van der Waals surface area contributed by atoms with Crippen molar-refractivity contribution in [2.45, 2.75) is 32.1 Å². The van der Waals surface area contributed by atoms with Crippen molar-refractivity contribution in [1.29, 1.82) is 0 Å². The van der Waals surface area contributed by atoms with Gasteiger partial charge in [0, 0.05) is 11.8 Å². The molecule has 4 rings (SSSR count). The van der Waals surface area contributed by atoms with Crippen molar-refractivity contribution >= 4 is 17.0 Å². The Morgan fingerprint density at radius 3 is 2.42 bits per heavy atom. The van der Waals surface area contributed by atoms with Crippen LogP contribution in [-0.4, -0.2) is 57.9 Å². The molecule has 0 radical (unpaired) electrons. The summed E-state index contributed by atoms with van der Waals surface area (Å²) in [7, 11) is 3.13. The van der Waals surface area contributed by atoms with E-state index < -0.39 is 18.2 Å². The third-order valence-electron chi connectivity index (χ3n) is 6.08. The number of methoxy groups -OCH3 is 2. The molecule has 4 aromatic rings. The maximum atomic E-state index is 11.6. The molecule has 0 fully saturated rings. The Kier molecular flexibility index (Phi) is 7.82. The summed E-state index contributed by atoms with van der Waals surface area (Å²) in [4.78, 5) is 15.8. The Labute approximate surface area is 208 Å². The van der Waals surface area contributed by atoms with Crippen molar-refractivity contribution in [3.63, 3.8) is 0 Å². The second-order valence-corrected chi connectivity index (χ2v) is 8.39. The number of ether oxygens (including phenoxy) is 3. The first-order valence-corrected chi connectivity index (χ1v) is 11.5. The number of carbonyl (C=O) groups is 1. The van der Waals surface area contributed by atoms with Gasteiger partial charge in [0.25, 0.3) is 0 Å². The van der Waals surface area contributed by atoms with Gasteiger partial charge in [0.05, 0.1) is 39.1 Å². The Morgan fingerprint density at radius 1 is 1.08 bits per heavy atom. The molecule has 2 heterocycles. The number of aliphatic hydroxyl groups is 1. The molecule has 0 saturated heterocycles. The molecule has 0 spiro atoms. The molecule has 0 saturated carbocycles. The maximum Gasteiger partial charge on any atom is 0.338 e. The lowest BCUT2D eigenvalue weighted by molar-refractivity contribution is -0.0480. The lowest BCUT2D eigenvalue weighted by atomic mass is 10.0. The average molecular weight is 492 g/mol. The van der Waals surface area contributed by atoms with Crippen LogP contribution < -0.4 is 9.47 Å². The van der Waals surface area contributed by atoms with Crippen LogP contribution in [0.25, 0.3) is 11.0 Å². The lowest BCUT2D eigenvalue weighted by Crippen LogP contribution is -2.29. The summed E-state index contributed by atoms with van der Waals surface area (Å²) in [6.07, 6.45) is 2.01. The molecule has 9 nitrogen and oxygen atoms in total. The van der Waals surface area contributed by atoms with Crippen LogP contribution in [0.4, 0.5) is 0 Å². The molecule has 9 heteroatoms. The van der Waals surface area contributed by atoms with Crippen molar-refractivity contribution < 1.29 is 29.2 Å². The van der Waals surface area contributed by atoms with Crippen molar-refractivity contribution in [2.24, 2.45) is 0 Å². The summed E-state index contributed by atoms with van der Waals surface area (Å²) in [5.74, 6) is 0.0975. The van der Waals surface area contributed by atoms with E-state index in [9.17, 15) is 15.0 Å². The van der Waals surface area contributed by atoms with E-state index >= 15 is 0 Å². The third-order valence-corrected chi connectivity index (χ3v) is 6.08. The fourth-order valence-electron chi connectivity index (χ4n) is 4.13. The maximum absolute atomic E-state index is 11.6. The van der Waals surface area contributed by atoms with E-state index in [1.165, 1.54) is 12.3 Å². The summed E-state index contributed by atoms with van der Waals surface area (Å²) in [5.41, 5.74) is 3.30. The first-order chi connectivity index (χ1) is 17.4. The van der Waals surface area contributed by atoms with Gasteiger partial charge in [0.1, 0.15) is 34.7 Å². The number of aliphatic hydroxyl groups excluding tert-OH is 1. The van der Waals surface area contributed by atoms with Crippen LogP contribution >= 0.6 is 0 Å². The molecule has 2 unspecified atom stereocenters. The molecular formula is C27H29N3O6. The van der Waals surface area contributed by atoms with Gasteiger partial charge in [-0.15, -0.1) is 0 Å². The van der Waals surface area contributed by atoms with E-state index in [4.69, 9.17) is 14.2 Å². The molecule has 0 amide bonds. The van der Waals surface area contributed by atoms with E-state index in [-0.39, 0.29) is 17.6 Å². The molecule has 0 aliphatic rings.